The summed E-state index contributed by atoms with van der Waals surface area (Å²) >= 11 is 0. The molecule has 1 atom stereocenters. The van der Waals surface area contributed by atoms with E-state index in [0.29, 0.717) is 5.92 Å². The van der Waals surface area contributed by atoms with Crippen molar-refractivity contribution in [2.24, 2.45) is 11.7 Å². The van der Waals surface area contributed by atoms with Crippen LogP contribution in [-0.2, 0) is 6.42 Å². The van der Waals surface area contributed by atoms with Crippen LogP contribution in [0.1, 0.15) is 56.7 Å². The zero-order chi connectivity index (χ0) is 13.0. The molecule has 0 fully saturated rings. The molecule has 1 aliphatic heterocycles. The van der Waals surface area contributed by atoms with Gasteiger partial charge >= 0.3 is 0 Å². The van der Waals surface area contributed by atoms with Gasteiger partial charge in [0.2, 0.25) is 0 Å². The minimum atomic E-state index is 0.177. The summed E-state index contributed by atoms with van der Waals surface area (Å²) in [7, 11) is 0. The molecule has 0 aliphatic carbocycles. The number of hydrogen-bond acceptors (Lipinski definition) is 2. The largest absolute Gasteiger partial charge is 0.493 e. The van der Waals surface area contributed by atoms with E-state index in [2.05, 4.69) is 32.0 Å². The average molecular weight is 247 g/mol. The number of fused-ring (bicyclic) bond motifs is 1. The van der Waals surface area contributed by atoms with Crippen LogP contribution in [0.3, 0.4) is 0 Å². The highest BCUT2D eigenvalue weighted by Crippen LogP contribution is 2.32. The van der Waals surface area contributed by atoms with Gasteiger partial charge in [-0.3, -0.25) is 0 Å². The first-order valence-electron chi connectivity index (χ1n) is 7.27. The second kappa shape index (κ2) is 6.24. The molecule has 0 aromatic heterocycles. The summed E-state index contributed by atoms with van der Waals surface area (Å²) < 4.78 is 5.55. The van der Waals surface area contributed by atoms with E-state index in [1.165, 1.54) is 36.8 Å². The van der Waals surface area contributed by atoms with Gasteiger partial charge in [0.25, 0.3) is 0 Å². The van der Waals surface area contributed by atoms with Crippen molar-refractivity contribution in [1.82, 2.24) is 0 Å². The molecule has 2 heteroatoms. The minimum absolute atomic E-state index is 0.177. The average Bonchev–Trinajstić information content (AvgIpc) is 2.84. The number of benzene rings is 1. The normalized spacial score (nSPS) is 15.6. The highest BCUT2D eigenvalue weighted by atomic mass is 16.5. The van der Waals surface area contributed by atoms with Crippen LogP contribution in [0.5, 0.6) is 5.75 Å². The zero-order valence-electron chi connectivity index (χ0n) is 11.6. The van der Waals surface area contributed by atoms with Crippen LogP contribution in [0.2, 0.25) is 0 Å². The third kappa shape index (κ3) is 2.86. The molecule has 0 saturated carbocycles. The van der Waals surface area contributed by atoms with Crippen molar-refractivity contribution in [3.8, 4) is 5.75 Å². The Hall–Kier alpha value is -1.02. The maximum atomic E-state index is 6.46. The molecule has 2 rings (SSSR count). The molecule has 0 radical (unpaired) electrons. The summed E-state index contributed by atoms with van der Waals surface area (Å²) in [5, 5.41) is 0. The summed E-state index contributed by atoms with van der Waals surface area (Å²) in [5.74, 6) is 1.66. The summed E-state index contributed by atoms with van der Waals surface area (Å²) in [6, 6.07) is 6.67. The summed E-state index contributed by atoms with van der Waals surface area (Å²) in [6.07, 6.45) is 5.91. The van der Waals surface area contributed by atoms with Gasteiger partial charge in [0.05, 0.1) is 6.61 Å². The van der Waals surface area contributed by atoms with Crippen molar-refractivity contribution in [2.45, 2.75) is 52.0 Å². The van der Waals surface area contributed by atoms with Gasteiger partial charge in [-0.2, -0.15) is 0 Å². The van der Waals surface area contributed by atoms with E-state index in [4.69, 9.17) is 10.5 Å². The van der Waals surface area contributed by atoms with E-state index in [1.807, 2.05) is 0 Å². The Morgan fingerprint density at radius 2 is 1.94 bits per heavy atom. The van der Waals surface area contributed by atoms with E-state index >= 15 is 0 Å². The minimum Gasteiger partial charge on any atom is -0.493 e. The summed E-state index contributed by atoms with van der Waals surface area (Å²) in [6.45, 7) is 5.30. The molecule has 2 N–H and O–H groups in total. The maximum absolute atomic E-state index is 6.46. The smallest absolute Gasteiger partial charge is 0.122 e. The molecular formula is C16H25NO. The Bertz CT molecular complexity index is 383. The Morgan fingerprint density at radius 3 is 2.61 bits per heavy atom. The van der Waals surface area contributed by atoms with Gasteiger partial charge in [-0.25, -0.2) is 0 Å². The second-order valence-corrected chi connectivity index (χ2v) is 5.33. The Kier molecular flexibility index (Phi) is 4.65. The zero-order valence-corrected chi connectivity index (χ0v) is 11.6. The fraction of sp³-hybridized carbons (Fsp3) is 0.625. The molecule has 1 aromatic carbocycles. The van der Waals surface area contributed by atoms with Gasteiger partial charge in [0, 0.05) is 12.5 Å². The van der Waals surface area contributed by atoms with Crippen molar-refractivity contribution in [1.29, 1.82) is 0 Å². The predicted molar refractivity (Wildman–Crippen MR) is 75.9 cm³/mol. The lowest BCUT2D eigenvalue weighted by Gasteiger charge is -2.24. The third-order valence-electron chi connectivity index (χ3n) is 3.93. The highest BCUT2D eigenvalue weighted by Gasteiger charge is 2.20. The van der Waals surface area contributed by atoms with Crippen LogP contribution in [0.4, 0.5) is 0 Å². The quantitative estimate of drug-likeness (QED) is 0.829. The molecule has 100 valence electrons. The third-order valence-corrected chi connectivity index (χ3v) is 3.93. The van der Waals surface area contributed by atoms with Crippen molar-refractivity contribution in [3.05, 3.63) is 29.3 Å². The van der Waals surface area contributed by atoms with Crippen molar-refractivity contribution in [2.75, 3.05) is 6.61 Å². The lowest BCUT2D eigenvalue weighted by molar-refractivity contribution is 0.356. The lowest BCUT2D eigenvalue weighted by atomic mass is 9.86. The molecule has 1 heterocycles. The second-order valence-electron chi connectivity index (χ2n) is 5.33. The maximum Gasteiger partial charge on any atom is 0.122 e. The lowest BCUT2D eigenvalue weighted by Crippen LogP contribution is -2.21. The number of rotatable bonds is 6. The van der Waals surface area contributed by atoms with Crippen LogP contribution >= 0.6 is 0 Å². The first-order chi connectivity index (χ1) is 8.76. The van der Waals surface area contributed by atoms with Crippen molar-refractivity contribution in [3.63, 3.8) is 0 Å². The van der Waals surface area contributed by atoms with Gasteiger partial charge in [-0.1, -0.05) is 38.8 Å². The van der Waals surface area contributed by atoms with E-state index in [9.17, 15) is 0 Å². The van der Waals surface area contributed by atoms with Gasteiger partial charge in [-0.05, 0) is 36.0 Å². The standard InChI is InChI=1S/C16H25NO/c1-3-5-12(6-4-2)16(17)14-7-8-15-13(11-14)9-10-18-15/h7-8,11-12,16H,3-6,9-10,17H2,1-2H3. The van der Waals surface area contributed by atoms with Crippen LogP contribution < -0.4 is 10.5 Å². The Labute approximate surface area is 111 Å². The summed E-state index contributed by atoms with van der Waals surface area (Å²) in [5.41, 5.74) is 9.08. The van der Waals surface area contributed by atoms with Gasteiger partial charge in [-0.15, -0.1) is 0 Å². The number of nitrogens with two attached hydrogens (primary N) is 1. The molecule has 0 saturated heterocycles. The number of ether oxygens (including phenoxy) is 1. The predicted octanol–water partition coefficient (Wildman–Crippen LogP) is 3.84. The molecular weight excluding hydrogens is 222 g/mol. The molecule has 1 aromatic rings. The molecule has 1 unspecified atom stereocenters. The Balaban J connectivity index is 2.13. The van der Waals surface area contributed by atoms with E-state index in [1.54, 1.807) is 0 Å². The molecule has 18 heavy (non-hydrogen) atoms. The van der Waals surface area contributed by atoms with Gasteiger partial charge in [0.1, 0.15) is 5.75 Å². The van der Waals surface area contributed by atoms with E-state index in [-0.39, 0.29) is 6.04 Å². The first kappa shape index (κ1) is 13.4. The van der Waals surface area contributed by atoms with Gasteiger partial charge in [0.15, 0.2) is 0 Å². The fourth-order valence-corrected chi connectivity index (χ4v) is 2.93. The molecule has 1 aliphatic rings. The SMILES string of the molecule is CCCC(CCC)C(N)c1ccc2c(c1)CCO2. The Morgan fingerprint density at radius 1 is 1.22 bits per heavy atom. The van der Waals surface area contributed by atoms with Crippen LogP contribution in [0, 0.1) is 5.92 Å². The van der Waals surface area contributed by atoms with Crippen molar-refractivity contribution < 1.29 is 4.74 Å². The monoisotopic (exact) mass is 247 g/mol. The fourth-order valence-electron chi connectivity index (χ4n) is 2.93. The van der Waals surface area contributed by atoms with Crippen LogP contribution in [-0.4, -0.2) is 6.61 Å². The van der Waals surface area contributed by atoms with Gasteiger partial charge < -0.3 is 10.5 Å². The van der Waals surface area contributed by atoms with Crippen LogP contribution in [0.15, 0.2) is 18.2 Å². The first-order valence-corrected chi connectivity index (χ1v) is 7.27. The summed E-state index contributed by atoms with van der Waals surface area (Å²) in [4.78, 5) is 0. The molecule has 2 nitrogen and oxygen atoms in total. The van der Waals surface area contributed by atoms with Crippen LogP contribution in [0.25, 0.3) is 0 Å². The molecule has 0 spiro atoms. The van der Waals surface area contributed by atoms with Crippen molar-refractivity contribution >= 4 is 0 Å². The van der Waals surface area contributed by atoms with E-state index in [0.717, 1.165) is 18.8 Å². The molecule has 0 amide bonds. The molecule has 0 bridgehead atoms. The topological polar surface area (TPSA) is 35.2 Å². The highest BCUT2D eigenvalue weighted by molar-refractivity contribution is 5.40. The number of hydrogen-bond donors (Lipinski definition) is 1. The van der Waals surface area contributed by atoms with E-state index < -0.39 is 0 Å².